The predicted molar refractivity (Wildman–Crippen MR) is 94.2 cm³/mol. The molecule has 0 amide bonds. The van der Waals surface area contributed by atoms with Gasteiger partial charge in [0.05, 0.1) is 5.92 Å². The number of hydrogen-bond acceptors (Lipinski definition) is 4. The highest BCUT2D eigenvalue weighted by Gasteiger charge is 2.29. The first-order valence-corrected chi connectivity index (χ1v) is 9.20. The molecule has 2 aliphatic heterocycles. The highest BCUT2D eigenvalue weighted by atomic mass is 19.1. The van der Waals surface area contributed by atoms with Crippen LogP contribution in [0, 0.1) is 17.7 Å². The fourth-order valence-corrected chi connectivity index (χ4v) is 3.90. The van der Waals surface area contributed by atoms with Gasteiger partial charge >= 0.3 is 5.97 Å². The average molecular weight is 350 g/mol. The van der Waals surface area contributed by atoms with Gasteiger partial charge in [-0.25, -0.2) is 4.39 Å². The highest BCUT2D eigenvalue weighted by molar-refractivity contribution is 5.70. The Morgan fingerprint density at radius 2 is 2.04 bits per heavy atom. The lowest BCUT2D eigenvalue weighted by Gasteiger charge is -2.28. The maximum Gasteiger partial charge on any atom is 0.308 e. The van der Waals surface area contributed by atoms with Gasteiger partial charge in [0.15, 0.2) is 0 Å². The third kappa shape index (κ3) is 4.50. The van der Waals surface area contributed by atoms with Gasteiger partial charge in [-0.15, -0.1) is 0 Å². The summed E-state index contributed by atoms with van der Waals surface area (Å²) < 4.78 is 19.7. The molecule has 2 N–H and O–H groups in total. The Morgan fingerprint density at radius 1 is 1.32 bits per heavy atom. The second-order valence-electron chi connectivity index (χ2n) is 6.96. The largest absolute Gasteiger partial charge is 0.481 e. The Morgan fingerprint density at radius 3 is 2.72 bits per heavy atom. The van der Waals surface area contributed by atoms with Gasteiger partial charge in [0.2, 0.25) is 0 Å². The van der Waals surface area contributed by atoms with E-state index < -0.39 is 11.9 Å². The molecule has 2 saturated heterocycles. The third-order valence-electron chi connectivity index (χ3n) is 5.36. The fraction of sp³-hybridized carbons (Fsp3) is 0.632. The van der Waals surface area contributed by atoms with Crippen LogP contribution in [0.4, 0.5) is 10.1 Å². The van der Waals surface area contributed by atoms with Gasteiger partial charge in [-0.3, -0.25) is 4.79 Å². The minimum Gasteiger partial charge on any atom is -0.481 e. The van der Waals surface area contributed by atoms with Crippen molar-refractivity contribution in [3.05, 3.63) is 29.6 Å². The molecular weight excluding hydrogens is 323 g/mol. The van der Waals surface area contributed by atoms with Crippen LogP contribution >= 0.6 is 0 Å². The number of benzene rings is 1. The normalized spacial score (nSPS) is 20.0. The van der Waals surface area contributed by atoms with Gasteiger partial charge in [-0.2, -0.15) is 0 Å². The molecule has 1 atom stereocenters. The van der Waals surface area contributed by atoms with E-state index in [0.29, 0.717) is 31.9 Å². The molecule has 2 heterocycles. The highest BCUT2D eigenvalue weighted by Crippen LogP contribution is 2.27. The molecule has 0 aliphatic carbocycles. The van der Waals surface area contributed by atoms with E-state index >= 15 is 0 Å². The summed E-state index contributed by atoms with van der Waals surface area (Å²) in [6, 6.07) is 5.18. The lowest BCUT2D eigenvalue weighted by molar-refractivity contribution is -0.144. The monoisotopic (exact) mass is 350 g/mol. The topological polar surface area (TPSA) is 61.8 Å². The lowest BCUT2D eigenvalue weighted by atomic mass is 9.86. The van der Waals surface area contributed by atoms with Gasteiger partial charge in [0.1, 0.15) is 5.82 Å². The molecule has 6 heteroatoms. The zero-order valence-corrected chi connectivity index (χ0v) is 14.5. The quantitative estimate of drug-likeness (QED) is 0.792. The predicted octanol–water partition coefficient (Wildman–Crippen LogP) is 2.64. The Bertz CT molecular complexity index is 584. The molecule has 25 heavy (non-hydrogen) atoms. The van der Waals surface area contributed by atoms with Crippen molar-refractivity contribution < 1.29 is 19.0 Å². The van der Waals surface area contributed by atoms with Crippen LogP contribution in [0.5, 0.6) is 0 Å². The van der Waals surface area contributed by atoms with E-state index in [9.17, 15) is 14.3 Å². The third-order valence-corrected chi connectivity index (χ3v) is 5.36. The van der Waals surface area contributed by atoms with Crippen molar-refractivity contribution in [2.45, 2.75) is 32.2 Å². The van der Waals surface area contributed by atoms with E-state index in [2.05, 4.69) is 10.2 Å². The number of nitrogens with one attached hydrogen (secondary N) is 1. The van der Waals surface area contributed by atoms with Gasteiger partial charge in [-0.05, 0) is 43.7 Å². The number of rotatable bonds is 7. The van der Waals surface area contributed by atoms with Crippen LogP contribution in [0.15, 0.2) is 18.2 Å². The maximum absolute atomic E-state index is 14.3. The number of carbonyl (C=O) groups is 1. The zero-order valence-electron chi connectivity index (χ0n) is 14.5. The van der Waals surface area contributed by atoms with E-state index in [-0.39, 0.29) is 11.7 Å². The Hall–Kier alpha value is -1.66. The van der Waals surface area contributed by atoms with Crippen LogP contribution in [0.2, 0.25) is 0 Å². The molecule has 1 aromatic carbocycles. The minimum absolute atomic E-state index is 0.123. The number of carboxylic acids is 1. The van der Waals surface area contributed by atoms with Crippen LogP contribution < -0.4 is 10.2 Å². The summed E-state index contributed by atoms with van der Waals surface area (Å²) in [5.41, 5.74) is 1.57. The van der Waals surface area contributed by atoms with Gasteiger partial charge in [0.25, 0.3) is 0 Å². The number of aliphatic carboxylic acids is 1. The molecule has 138 valence electrons. The number of halogens is 1. The van der Waals surface area contributed by atoms with Gasteiger partial charge in [0, 0.05) is 50.6 Å². The molecule has 1 aromatic rings. The van der Waals surface area contributed by atoms with Crippen molar-refractivity contribution in [3.8, 4) is 0 Å². The van der Waals surface area contributed by atoms with Crippen molar-refractivity contribution in [3.63, 3.8) is 0 Å². The van der Waals surface area contributed by atoms with Crippen LogP contribution in [0.25, 0.3) is 0 Å². The van der Waals surface area contributed by atoms with Crippen molar-refractivity contribution in [1.29, 1.82) is 0 Å². The Balaban J connectivity index is 1.63. The number of hydrogen-bond donors (Lipinski definition) is 2. The van der Waals surface area contributed by atoms with Crippen molar-refractivity contribution in [2.24, 2.45) is 11.8 Å². The zero-order chi connectivity index (χ0) is 17.6. The number of ether oxygens (including phenoxy) is 1. The summed E-state index contributed by atoms with van der Waals surface area (Å²) in [5, 5.41) is 12.7. The molecule has 2 fully saturated rings. The van der Waals surface area contributed by atoms with Crippen LogP contribution in [-0.2, 0) is 16.1 Å². The second-order valence-corrected chi connectivity index (χ2v) is 6.96. The molecule has 5 nitrogen and oxygen atoms in total. The Kier molecular flexibility index (Phi) is 6.26. The van der Waals surface area contributed by atoms with Gasteiger partial charge in [-0.1, -0.05) is 6.07 Å². The molecule has 0 radical (unpaired) electrons. The first-order chi connectivity index (χ1) is 12.2. The molecule has 3 rings (SSSR count). The van der Waals surface area contributed by atoms with E-state index in [1.54, 1.807) is 6.07 Å². The molecular formula is C19H27FN2O3. The van der Waals surface area contributed by atoms with E-state index in [1.165, 1.54) is 6.07 Å². The summed E-state index contributed by atoms with van der Waals surface area (Å²) >= 11 is 0. The van der Waals surface area contributed by atoms with Crippen molar-refractivity contribution in [2.75, 3.05) is 37.7 Å². The van der Waals surface area contributed by atoms with E-state index in [4.69, 9.17) is 4.74 Å². The summed E-state index contributed by atoms with van der Waals surface area (Å²) in [7, 11) is 0. The fourth-order valence-electron chi connectivity index (χ4n) is 3.90. The number of nitrogens with zero attached hydrogens (tertiary/aromatic N) is 1. The smallest absolute Gasteiger partial charge is 0.308 e. The molecule has 0 saturated carbocycles. The molecule has 2 aliphatic rings. The van der Waals surface area contributed by atoms with Crippen molar-refractivity contribution >= 4 is 11.7 Å². The number of anilines is 1. The SMILES string of the molecule is O=C(O)C(CNCc1c(F)cccc1N1CCCC1)C1CCOCC1. The van der Waals surface area contributed by atoms with Crippen LogP contribution in [0.3, 0.4) is 0 Å². The van der Waals surface area contributed by atoms with Gasteiger partial charge < -0.3 is 20.1 Å². The Labute approximate surface area is 148 Å². The second kappa shape index (κ2) is 8.63. The summed E-state index contributed by atoms with van der Waals surface area (Å²) in [6.07, 6.45) is 3.82. The maximum atomic E-state index is 14.3. The first-order valence-electron chi connectivity index (χ1n) is 9.20. The molecule has 0 aromatic heterocycles. The molecule has 0 bridgehead atoms. The minimum atomic E-state index is -0.785. The molecule has 0 spiro atoms. The van der Waals surface area contributed by atoms with Crippen LogP contribution in [-0.4, -0.2) is 43.9 Å². The summed E-state index contributed by atoms with van der Waals surface area (Å²) in [6.45, 7) is 3.87. The number of carboxylic acid groups (broad SMARTS) is 1. The average Bonchev–Trinajstić information content (AvgIpc) is 3.14. The van der Waals surface area contributed by atoms with E-state index in [0.717, 1.165) is 44.5 Å². The van der Waals surface area contributed by atoms with E-state index in [1.807, 2.05) is 6.07 Å². The first kappa shape index (κ1) is 18.1. The van der Waals surface area contributed by atoms with Crippen molar-refractivity contribution in [1.82, 2.24) is 5.32 Å². The lowest BCUT2D eigenvalue weighted by Crippen LogP contribution is -2.36. The standard InChI is InChI=1S/C19H27FN2O3/c20-17-4-3-5-18(22-8-1-2-9-22)16(17)13-21-12-15(19(23)24)14-6-10-25-11-7-14/h3-5,14-15,21H,1-2,6-13H2,(H,23,24). The molecule has 1 unspecified atom stereocenters. The summed E-state index contributed by atoms with van der Waals surface area (Å²) in [5.74, 6) is -1.34. The van der Waals surface area contributed by atoms with Crippen LogP contribution in [0.1, 0.15) is 31.2 Å². The summed E-state index contributed by atoms with van der Waals surface area (Å²) in [4.78, 5) is 13.8.